The third-order valence-corrected chi connectivity index (χ3v) is 5.33. The molecule has 4 nitrogen and oxygen atoms in total. The fraction of sp³-hybridized carbons (Fsp3) is 0.125. The Morgan fingerprint density at radius 3 is 2.59 bits per heavy atom. The fourth-order valence-corrected chi connectivity index (χ4v) is 3.90. The molecule has 1 atom stereocenters. The standard InChI is InChI=1S/C24H20O4S/c1-24(26)22(20(23(25)28-24)12-11-18-13-14-29-16-18)19-9-5-6-10-21(19)27-15-17-7-3-2-4-8-17/h2-14,16,26H,15H2,1H3. The monoisotopic (exact) mass is 404 g/mol. The van der Waals surface area contributed by atoms with E-state index in [2.05, 4.69) is 0 Å². The average Bonchev–Trinajstić information content (AvgIpc) is 3.31. The van der Waals surface area contributed by atoms with E-state index in [9.17, 15) is 9.90 Å². The van der Waals surface area contributed by atoms with Crippen molar-refractivity contribution in [3.05, 3.63) is 99.8 Å². The Morgan fingerprint density at radius 1 is 1.07 bits per heavy atom. The molecule has 0 saturated carbocycles. The van der Waals surface area contributed by atoms with Gasteiger partial charge >= 0.3 is 5.97 Å². The normalized spacial score (nSPS) is 19.0. The third kappa shape index (κ3) is 4.16. The van der Waals surface area contributed by atoms with Crippen molar-refractivity contribution in [3.63, 3.8) is 0 Å². The second-order valence-electron chi connectivity index (χ2n) is 6.82. The number of carbonyl (C=O) groups is 1. The van der Waals surface area contributed by atoms with Crippen LogP contribution in [0.15, 0.2) is 83.1 Å². The highest BCUT2D eigenvalue weighted by molar-refractivity contribution is 7.08. The minimum absolute atomic E-state index is 0.317. The summed E-state index contributed by atoms with van der Waals surface area (Å²) in [6, 6.07) is 19.1. The molecular weight excluding hydrogens is 384 g/mol. The highest BCUT2D eigenvalue weighted by Crippen LogP contribution is 2.42. The van der Waals surface area contributed by atoms with Crippen LogP contribution >= 0.6 is 11.3 Å². The van der Waals surface area contributed by atoms with Gasteiger partial charge in [0.25, 0.3) is 0 Å². The molecule has 2 heterocycles. The molecule has 5 heteroatoms. The van der Waals surface area contributed by atoms with Crippen LogP contribution < -0.4 is 4.74 Å². The van der Waals surface area contributed by atoms with Crippen LogP contribution in [0, 0.1) is 0 Å². The number of aliphatic hydroxyl groups is 1. The lowest BCUT2D eigenvalue weighted by Crippen LogP contribution is -2.26. The van der Waals surface area contributed by atoms with Crippen molar-refractivity contribution in [2.75, 3.05) is 0 Å². The quantitative estimate of drug-likeness (QED) is 0.584. The molecule has 3 aromatic rings. The van der Waals surface area contributed by atoms with E-state index in [-0.39, 0.29) is 0 Å². The molecule has 1 aliphatic heterocycles. The van der Waals surface area contributed by atoms with Gasteiger partial charge in [-0.3, -0.25) is 0 Å². The SMILES string of the molecule is CC1(O)OC(=O)C(C=Cc2ccsc2)=C1c1ccccc1OCc1ccccc1. The number of rotatable bonds is 6. The molecule has 2 aromatic carbocycles. The summed E-state index contributed by atoms with van der Waals surface area (Å²) in [5, 5.41) is 14.8. The number of para-hydroxylation sites is 1. The van der Waals surface area contributed by atoms with E-state index in [1.165, 1.54) is 6.92 Å². The molecule has 0 amide bonds. The lowest BCUT2D eigenvalue weighted by atomic mass is 9.94. The molecular formula is C24H20O4S. The van der Waals surface area contributed by atoms with Gasteiger partial charge in [-0.15, -0.1) is 0 Å². The molecule has 1 aliphatic rings. The molecule has 1 N–H and O–H groups in total. The predicted molar refractivity (Wildman–Crippen MR) is 114 cm³/mol. The minimum atomic E-state index is -1.74. The Kier molecular flexibility index (Phi) is 5.34. The summed E-state index contributed by atoms with van der Waals surface area (Å²) >= 11 is 1.57. The average molecular weight is 404 g/mol. The van der Waals surface area contributed by atoms with Gasteiger partial charge in [0.2, 0.25) is 5.79 Å². The van der Waals surface area contributed by atoms with Crippen molar-refractivity contribution in [2.45, 2.75) is 19.3 Å². The first kappa shape index (κ1) is 19.2. The predicted octanol–water partition coefficient (Wildman–Crippen LogP) is 5.06. The van der Waals surface area contributed by atoms with E-state index < -0.39 is 11.8 Å². The molecule has 0 radical (unpaired) electrons. The van der Waals surface area contributed by atoms with E-state index >= 15 is 0 Å². The number of ether oxygens (including phenoxy) is 2. The van der Waals surface area contributed by atoms with E-state index in [4.69, 9.17) is 9.47 Å². The van der Waals surface area contributed by atoms with Crippen LogP contribution in [0.1, 0.15) is 23.6 Å². The first-order valence-corrected chi connectivity index (χ1v) is 10.2. The summed E-state index contributed by atoms with van der Waals surface area (Å²) in [5.74, 6) is -1.72. The van der Waals surface area contributed by atoms with E-state index in [1.807, 2.05) is 77.5 Å². The van der Waals surface area contributed by atoms with Crippen LogP contribution in [0.2, 0.25) is 0 Å². The summed E-state index contributed by atoms with van der Waals surface area (Å²) < 4.78 is 11.3. The zero-order valence-electron chi connectivity index (χ0n) is 15.9. The lowest BCUT2D eigenvalue weighted by Gasteiger charge is -2.21. The van der Waals surface area contributed by atoms with Crippen LogP contribution in [0.4, 0.5) is 0 Å². The van der Waals surface area contributed by atoms with Crippen molar-refractivity contribution in [1.82, 2.24) is 0 Å². The van der Waals surface area contributed by atoms with Gasteiger partial charge in [0.15, 0.2) is 0 Å². The molecule has 0 fully saturated rings. The Labute approximate surface area is 173 Å². The van der Waals surface area contributed by atoms with E-state index in [0.717, 1.165) is 11.1 Å². The first-order valence-electron chi connectivity index (χ1n) is 9.21. The second-order valence-corrected chi connectivity index (χ2v) is 7.60. The number of cyclic esters (lactones) is 1. The van der Waals surface area contributed by atoms with Crippen molar-refractivity contribution >= 4 is 29.0 Å². The van der Waals surface area contributed by atoms with Crippen LogP contribution in [-0.2, 0) is 16.1 Å². The van der Waals surface area contributed by atoms with Crippen molar-refractivity contribution in [3.8, 4) is 5.75 Å². The van der Waals surface area contributed by atoms with Gasteiger partial charge in [0.05, 0.1) is 5.57 Å². The zero-order valence-corrected chi connectivity index (χ0v) is 16.7. The maximum absolute atomic E-state index is 12.5. The Hall–Kier alpha value is -3.15. The van der Waals surface area contributed by atoms with Crippen LogP contribution in [0.3, 0.4) is 0 Å². The number of thiophene rings is 1. The number of esters is 1. The summed E-state index contributed by atoms with van der Waals surface area (Å²) in [6.07, 6.45) is 3.52. The van der Waals surface area contributed by atoms with Gasteiger partial charge in [-0.05, 0) is 40.1 Å². The van der Waals surface area contributed by atoms with Gasteiger partial charge < -0.3 is 14.6 Å². The fourth-order valence-electron chi connectivity index (χ4n) is 3.27. The molecule has 29 heavy (non-hydrogen) atoms. The van der Waals surface area contributed by atoms with Gasteiger partial charge in [-0.25, -0.2) is 4.79 Å². The summed E-state index contributed by atoms with van der Waals surface area (Å²) in [7, 11) is 0. The van der Waals surface area contributed by atoms with Crippen LogP contribution in [0.25, 0.3) is 11.6 Å². The largest absolute Gasteiger partial charge is 0.488 e. The van der Waals surface area contributed by atoms with Crippen LogP contribution in [0.5, 0.6) is 5.75 Å². The van der Waals surface area contributed by atoms with Gasteiger partial charge in [-0.1, -0.05) is 54.6 Å². The second kappa shape index (κ2) is 8.07. The molecule has 1 aromatic heterocycles. The van der Waals surface area contributed by atoms with Gasteiger partial charge in [-0.2, -0.15) is 11.3 Å². The highest BCUT2D eigenvalue weighted by atomic mass is 32.1. The molecule has 0 bridgehead atoms. The zero-order chi connectivity index (χ0) is 20.3. The molecule has 1 unspecified atom stereocenters. The maximum atomic E-state index is 12.5. The summed E-state index contributed by atoms with van der Waals surface area (Å²) in [4.78, 5) is 12.5. The topological polar surface area (TPSA) is 55.8 Å². The molecule has 0 aliphatic carbocycles. The Balaban J connectivity index is 1.73. The van der Waals surface area contributed by atoms with Crippen molar-refractivity contribution < 1.29 is 19.4 Å². The maximum Gasteiger partial charge on any atom is 0.341 e. The first-order chi connectivity index (χ1) is 14.0. The summed E-state index contributed by atoms with van der Waals surface area (Å²) in [5.41, 5.74) is 3.35. The summed E-state index contributed by atoms with van der Waals surface area (Å²) in [6.45, 7) is 1.85. The van der Waals surface area contributed by atoms with E-state index in [1.54, 1.807) is 17.4 Å². The van der Waals surface area contributed by atoms with E-state index in [0.29, 0.717) is 29.1 Å². The lowest BCUT2D eigenvalue weighted by molar-refractivity contribution is -0.170. The molecule has 0 spiro atoms. The number of hydrogen-bond acceptors (Lipinski definition) is 5. The molecule has 0 saturated heterocycles. The van der Waals surface area contributed by atoms with Gasteiger partial charge in [0.1, 0.15) is 12.4 Å². The Bertz CT molecular complexity index is 1060. The number of carbonyl (C=O) groups excluding carboxylic acids is 1. The highest BCUT2D eigenvalue weighted by Gasteiger charge is 2.43. The third-order valence-electron chi connectivity index (χ3n) is 4.62. The Morgan fingerprint density at radius 2 is 1.83 bits per heavy atom. The number of hydrogen-bond donors (Lipinski definition) is 1. The van der Waals surface area contributed by atoms with Crippen molar-refractivity contribution in [1.29, 1.82) is 0 Å². The molecule has 146 valence electrons. The van der Waals surface area contributed by atoms with Crippen molar-refractivity contribution in [2.24, 2.45) is 0 Å². The smallest absolute Gasteiger partial charge is 0.341 e. The van der Waals surface area contributed by atoms with Gasteiger partial charge in [0, 0.05) is 18.1 Å². The molecule has 4 rings (SSSR count). The minimum Gasteiger partial charge on any atom is -0.488 e. The number of benzene rings is 2. The van der Waals surface area contributed by atoms with Crippen LogP contribution in [-0.4, -0.2) is 16.9 Å².